The van der Waals surface area contributed by atoms with Crippen LogP contribution in [0.4, 0.5) is 4.39 Å². The molecule has 0 saturated carbocycles. The topological polar surface area (TPSA) is 27.1 Å². The van der Waals surface area contributed by atoms with Crippen molar-refractivity contribution >= 4 is 27.5 Å². The molecular formula is C13H13BrClFN2O. The molecular weight excluding hydrogens is 335 g/mol. The Bertz CT molecular complexity index is 580. The Morgan fingerprint density at radius 2 is 2.16 bits per heavy atom. The third-order valence-corrected chi connectivity index (χ3v) is 3.61. The van der Waals surface area contributed by atoms with Gasteiger partial charge in [0, 0.05) is 17.6 Å². The van der Waals surface area contributed by atoms with Crippen LogP contribution in [0.15, 0.2) is 22.7 Å². The first-order chi connectivity index (χ1) is 9.01. The molecule has 2 aromatic rings. The molecule has 2 rings (SSSR count). The highest BCUT2D eigenvalue weighted by Crippen LogP contribution is 2.24. The van der Waals surface area contributed by atoms with Crippen molar-refractivity contribution in [2.75, 3.05) is 0 Å². The summed E-state index contributed by atoms with van der Waals surface area (Å²) in [5.41, 5.74) is 1.61. The standard InChI is InChI=1S/C13H13BrClFN2O/c1-3-11-13(15)12(18(2)17-11)7-19-10-5-8(14)4-9(16)6-10/h4-6H,3,7H2,1-2H3. The van der Waals surface area contributed by atoms with Crippen molar-refractivity contribution in [3.05, 3.63) is 44.9 Å². The first kappa shape index (κ1) is 14.3. The minimum atomic E-state index is -0.352. The Hall–Kier alpha value is -1.07. The zero-order valence-corrected chi connectivity index (χ0v) is 12.9. The van der Waals surface area contributed by atoms with Crippen LogP contribution < -0.4 is 4.74 Å². The maximum atomic E-state index is 13.2. The molecule has 3 nitrogen and oxygen atoms in total. The highest BCUT2D eigenvalue weighted by molar-refractivity contribution is 9.10. The molecule has 0 bridgehead atoms. The van der Waals surface area contributed by atoms with Gasteiger partial charge in [0.05, 0.1) is 16.4 Å². The average molecular weight is 348 g/mol. The van der Waals surface area contributed by atoms with Gasteiger partial charge in [0.1, 0.15) is 18.2 Å². The first-order valence-electron chi connectivity index (χ1n) is 5.80. The van der Waals surface area contributed by atoms with E-state index >= 15 is 0 Å². The second-order valence-electron chi connectivity index (χ2n) is 4.08. The maximum absolute atomic E-state index is 13.2. The van der Waals surface area contributed by atoms with Crippen LogP contribution in [0.5, 0.6) is 5.75 Å². The molecule has 0 aliphatic carbocycles. The van der Waals surface area contributed by atoms with Gasteiger partial charge in [-0.15, -0.1) is 0 Å². The fraction of sp³-hybridized carbons (Fsp3) is 0.308. The quantitative estimate of drug-likeness (QED) is 0.832. The third kappa shape index (κ3) is 3.28. The fourth-order valence-corrected chi connectivity index (χ4v) is 2.53. The van der Waals surface area contributed by atoms with E-state index in [1.54, 1.807) is 10.7 Å². The second kappa shape index (κ2) is 5.92. The zero-order chi connectivity index (χ0) is 14.0. The second-order valence-corrected chi connectivity index (χ2v) is 5.37. The van der Waals surface area contributed by atoms with E-state index in [2.05, 4.69) is 21.0 Å². The number of nitrogens with zero attached hydrogens (tertiary/aromatic N) is 2. The van der Waals surface area contributed by atoms with Gasteiger partial charge in [-0.1, -0.05) is 34.5 Å². The van der Waals surface area contributed by atoms with Crippen molar-refractivity contribution < 1.29 is 9.13 Å². The smallest absolute Gasteiger partial charge is 0.131 e. The number of rotatable bonds is 4. The van der Waals surface area contributed by atoms with E-state index in [4.69, 9.17) is 16.3 Å². The van der Waals surface area contributed by atoms with Crippen LogP contribution in [0.2, 0.25) is 5.02 Å². The monoisotopic (exact) mass is 346 g/mol. The predicted octanol–water partition coefficient (Wildman–Crippen LogP) is 4.12. The van der Waals surface area contributed by atoms with Crippen LogP contribution in [0.3, 0.4) is 0 Å². The van der Waals surface area contributed by atoms with Gasteiger partial charge in [0.2, 0.25) is 0 Å². The third-order valence-electron chi connectivity index (χ3n) is 2.71. The summed E-state index contributed by atoms with van der Waals surface area (Å²) in [4.78, 5) is 0. The zero-order valence-electron chi connectivity index (χ0n) is 10.6. The van der Waals surface area contributed by atoms with Gasteiger partial charge < -0.3 is 4.74 Å². The number of halogens is 3. The van der Waals surface area contributed by atoms with Gasteiger partial charge in [0.15, 0.2) is 0 Å². The molecule has 0 radical (unpaired) electrons. The molecule has 1 aromatic heterocycles. The molecule has 1 heterocycles. The summed E-state index contributed by atoms with van der Waals surface area (Å²) in [6, 6.07) is 4.41. The minimum Gasteiger partial charge on any atom is -0.487 e. The number of aromatic nitrogens is 2. The molecule has 0 fully saturated rings. The van der Waals surface area contributed by atoms with Crippen molar-refractivity contribution in [2.24, 2.45) is 7.05 Å². The van der Waals surface area contributed by atoms with E-state index in [9.17, 15) is 4.39 Å². The Morgan fingerprint density at radius 1 is 1.42 bits per heavy atom. The molecule has 6 heteroatoms. The van der Waals surface area contributed by atoms with Crippen LogP contribution in [0.25, 0.3) is 0 Å². The van der Waals surface area contributed by atoms with Gasteiger partial charge in [-0.3, -0.25) is 4.68 Å². The molecule has 19 heavy (non-hydrogen) atoms. The van der Waals surface area contributed by atoms with Crippen LogP contribution >= 0.6 is 27.5 Å². The number of benzene rings is 1. The first-order valence-corrected chi connectivity index (χ1v) is 6.97. The lowest BCUT2D eigenvalue weighted by Gasteiger charge is -2.07. The van der Waals surface area contributed by atoms with E-state index in [-0.39, 0.29) is 12.4 Å². The Balaban J connectivity index is 2.16. The number of ether oxygens (including phenoxy) is 1. The molecule has 1 aromatic carbocycles. The highest BCUT2D eigenvalue weighted by Gasteiger charge is 2.13. The molecule has 0 amide bonds. The summed E-state index contributed by atoms with van der Waals surface area (Å²) in [6.45, 7) is 2.24. The van der Waals surface area contributed by atoms with E-state index in [0.717, 1.165) is 17.8 Å². The summed E-state index contributed by atoms with van der Waals surface area (Å²) in [5.74, 6) is 0.0944. The summed E-state index contributed by atoms with van der Waals surface area (Å²) in [6.07, 6.45) is 0.762. The van der Waals surface area contributed by atoms with Gasteiger partial charge in [-0.2, -0.15) is 5.10 Å². The number of hydrogen-bond donors (Lipinski definition) is 0. The fourth-order valence-electron chi connectivity index (χ4n) is 1.74. The predicted molar refractivity (Wildman–Crippen MR) is 76.0 cm³/mol. The van der Waals surface area contributed by atoms with Gasteiger partial charge >= 0.3 is 0 Å². The summed E-state index contributed by atoms with van der Waals surface area (Å²) in [5, 5.41) is 4.91. The number of hydrogen-bond acceptors (Lipinski definition) is 2. The van der Waals surface area contributed by atoms with Crippen molar-refractivity contribution in [3.63, 3.8) is 0 Å². The van der Waals surface area contributed by atoms with Crippen molar-refractivity contribution in [3.8, 4) is 5.75 Å². The normalized spacial score (nSPS) is 10.8. The number of aryl methyl sites for hydroxylation is 2. The SMILES string of the molecule is CCc1nn(C)c(COc2cc(F)cc(Br)c2)c1Cl. The van der Waals surface area contributed by atoms with Gasteiger partial charge in [-0.25, -0.2) is 4.39 Å². The van der Waals surface area contributed by atoms with E-state index in [1.807, 2.05) is 14.0 Å². The van der Waals surface area contributed by atoms with Crippen molar-refractivity contribution in [2.45, 2.75) is 20.0 Å². The lowest BCUT2D eigenvalue weighted by atomic mass is 10.3. The molecule has 0 unspecified atom stereocenters. The molecule has 102 valence electrons. The maximum Gasteiger partial charge on any atom is 0.131 e. The van der Waals surface area contributed by atoms with Crippen LogP contribution in [0, 0.1) is 5.82 Å². The minimum absolute atomic E-state index is 0.248. The lowest BCUT2D eigenvalue weighted by molar-refractivity contribution is 0.293. The molecule has 0 spiro atoms. The highest BCUT2D eigenvalue weighted by atomic mass is 79.9. The summed E-state index contributed by atoms with van der Waals surface area (Å²) < 4.78 is 21.1. The van der Waals surface area contributed by atoms with Crippen LogP contribution in [-0.2, 0) is 20.1 Å². The Labute approximate surface area is 124 Å². The average Bonchev–Trinajstić information content (AvgIpc) is 2.61. The molecule has 0 aliphatic heterocycles. The molecule has 0 N–H and O–H groups in total. The van der Waals surface area contributed by atoms with Crippen LogP contribution in [-0.4, -0.2) is 9.78 Å². The molecule has 0 saturated heterocycles. The van der Waals surface area contributed by atoms with E-state index in [0.29, 0.717) is 15.2 Å². The summed E-state index contributed by atoms with van der Waals surface area (Å²) >= 11 is 9.43. The van der Waals surface area contributed by atoms with E-state index < -0.39 is 0 Å². The Kier molecular flexibility index (Phi) is 4.47. The summed E-state index contributed by atoms with van der Waals surface area (Å²) in [7, 11) is 1.81. The van der Waals surface area contributed by atoms with E-state index in [1.165, 1.54) is 12.1 Å². The molecule has 0 atom stereocenters. The van der Waals surface area contributed by atoms with Crippen molar-refractivity contribution in [1.29, 1.82) is 0 Å². The van der Waals surface area contributed by atoms with Gasteiger partial charge in [0.25, 0.3) is 0 Å². The largest absolute Gasteiger partial charge is 0.487 e. The lowest BCUT2D eigenvalue weighted by Crippen LogP contribution is -2.03. The van der Waals surface area contributed by atoms with Gasteiger partial charge in [-0.05, 0) is 18.6 Å². The molecule has 0 aliphatic rings. The van der Waals surface area contributed by atoms with Crippen molar-refractivity contribution in [1.82, 2.24) is 9.78 Å². The van der Waals surface area contributed by atoms with Crippen LogP contribution in [0.1, 0.15) is 18.3 Å². The Morgan fingerprint density at radius 3 is 2.74 bits per heavy atom.